The first kappa shape index (κ1) is 19.6. The summed E-state index contributed by atoms with van der Waals surface area (Å²) >= 11 is 13.6. The Morgan fingerprint density at radius 1 is 1.14 bits per heavy atom. The fourth-order valence-corrected chi connectivity index (χ4v) is 4.39. The molecule has 0 aliphatic heterocycles. The molecule has 8 heteroatoms. The second-order valence-corrected chi connectivity index (χ2v) is 8.12. The number of rotatable bonds is 5. The van der Waals surface area contributed by atoms with Crippen molar-refractivity contribution >= 4 is 55.8 Å². The van der Waals surface area contributed by atoms with Gasteiger partial charge in [-0.2, -0.15) is 0 Å². The van der Waals surface area contributed by atoms with Crippen LogP contribution in [0.4, 0.5) is 5.13 Å². The number of ether oxygens (including phenoxy) is 1. The van der Waals surface area contributed by atoms with Crippen molar-refractivity contribution in [1.82, 2.24) is 9.97 Å². The lowest BCUT2D eigenvalue weighted by Gasteiger charge is -2.20. The topological polar surface area (TPSA) is 55.3 Å². The van der Waals surface area contributed by atoms with Crippen LogP contribution < -0.4 is 9.64 Å². The summed E-state index contributed by atoms with van der Waals surface area (Å²) in [5, 5.41) is 1.37. The van der Waals surface area contributed by atoms with Gasteiger partial charge in [0.1, 0.15) is 5.75 Å². The van der Waals surface area contributed by atoms with Gasteiger partial charge in [0.2, 0.25) is 0 Å². The third-order valence-corrected chi connectivity index (χ3v) is 5.71. The monoisotopic (exact) mass is 443 g/mol. The number of carbonyl (C=O) groups is 1. The number of fused-ring (bicyclic) bond motifs is 1. The maximum absolute atomic E-state index is 13.4. The highest BCUT2D eigenvalue weighted by Gasteiger charge is 2.23. The number of benzene rings is 2. The van der Waals surface area contributed by atoms with Crippen LogP contribution in [0, 0.1) is 0 Å². The average molecular weight is 444 g/mol. The number of thiazole rings is 1. The molecule has 29 heavy (non-hydrogen) atoms. The Kier molecular flexibility index (Phi) is 5.67. The Bertz CT molecular complexity index is 1160. The van der Waals surface area contributed by atoms with Gasteiger partial charge in [0.15, 0.2) is 5.13 Å². The zero-order valence-corrected chi connectivity index (χ0v) is 17.6. The molecular formula is C21H15Cl2N3O2S. The molecule has 0 aliphatic rings. The Morgan fingerprint density at radius 3 is 2.62 bits per heavy atom. The minimum atomic E-state index is -0.246. The van der Waals surface area contributed by atoms with E-state index in [2.05, 4.69) is 9.97 Å². The van der Waals surface area contributed by atoms with Crippen LogP contribution in [0.2, 0.25) is 10.0 Å². The molecule has 0 aliphatic carbocycles. The lowest BCUT2D eigenvalue weighted by molar-refractivity contribution is 0.0985. The maximum atomic E-state index is 13.4. The molecule has 0 saturated carbocycles. The molecule has 2 heterocycles. The van der Waals surface area contributed by atoms with E-state index in [1.54, 1.807) is 42.6 Å². The smallest absolute Gasteiger partial charge is 0.260 e. The summed E-state index contributed by atoms with van der Waals surface area (Å²) in [6.45, 7) is 0.313. The lowest BCUT2D eigenvalue weighted by atomic mass is 10.2. The molecule has 2 aromatic carbocycles. The van der Waals surface area contributed by atoms with Gasteiger partial charge in [-0.25, -0.2) is 4.98 Å². The summed E-state index contributed by atoms with van der Waals surface area (Å²) in [5.41, 5.74) is 2.06. The van der Waals surface area contributed by atoms with Gasteiger partial charge in [-0.15, -0.1) is 0 Å². The molecular weight excluding hydrogens is 429 g/mol. The molecule has 146 valence electrons. The van der Waals surface area contributed by atoms with E-state index in [9.17, 15) is 4.79 Å². The molecule has 0 atom stereocenters. The predicted molar refractivity (Wildman–Crippen MR) is 117 cm³/mol. The molecule has 0 unspecified atom stereocenters. The van der Waals surface area contributed by atoms with Crippen molar-refractivity contribution in [2.45, 2.75) is 6.54 Å². The van der Waals surface area contributed by atoms with Crippen LogP contribution in [0.1, 0.15) is 15.9 Å². The minimum Gasteiger partial charge on any atom is -0.497 e. The Balaban J connectivity index is 1.78. The van der Waals surface area contributed by atoms with Gasteiger partial charge in [0.05, 0.1) is 23.9 Å². The van der Waals surface area contributed by atoms with Gasteiger partial charge in [0.25, 0.3) is 5.91 Å². The van der Waals surface area contributed by atoms with E-state index in [4.69, 9.17) is 27.9 Å². The van der Waals surface area contributed by atoms with E-state index in [0.29, 0.717) is 27.3 Å². The summed E-state index contributed by atoms with van der Waals surface area (Å²) in [7, 11) is 1.62. The van der Waals surface area contributed by atoms with E-state index in [0.717, 1.165) is 21.5 Å². The Morgan fingerprint density at radius 2 is 1.93 bits per heavy atom. The molecule has 0 radical (unpaired) electrons. The maximum Gasteiger partial charge on any atom is 0.260 e. The summed E-state index contributed by atoms with van der Waals surface area (Å²) in [6.07, 6.45) is 3.41. The fraction of sp³-hybridized carbons (Fsp3) is 0.0952. The highest BCUT2D eigenvalue weighted by atomic mass is 35.5. The number of amides is 1. The number of anilines is 1. The summed E-state index contributed by atoms with van der Waals surface area (Å²) in [5.74, 6) is 0.490. The first-order chi connectivity index (χ1) is 14.0. The summed E-state index contributed by atoms with van der Waals surface area (Å²) < 4.78 is 6.22. The lowest BCUT2D eigenvalue weighted by Crippen LogP contribution is -2.30. The van der Waals surface area contributed by atoms with Gasteiger partial charge >= 0.3 is 0 Å². The third kappa shape index (κ3) is 4.34. The van der Waals surface area contributed by atoms with Crippen molar-refractivity contribution in [3.63, 3.8) is 0 Å². The molecule has 4 aromatic rings. The van der Waals surface area contributed by atoms with Gasteiger partial charge < -0.3 is 4.74 Å². The second kappa shape index (κ2) is 8.37. The number of nitrogens with zero attached hydrogens (tertiary/aromatic N) is 3. The summed E-state index contributed by atoms with van der Waals surface area (Å²) in [6, 6.07) is 14.2. The Hall–Kier alpha value is -2.67. The fourth-order valence-electron chi connectivity index (χ4n) is 2.87. The van der Waals surface area contributed by atoms with Crippen LogP contribution >= 0.6 is 34.5 Å². The highest BCUT2D eigenvalue weighted by Crippen LogP contribution is 2.33. The number of halogens is 2. The average Bonchev–Trinajstić information content (AvgIpc) is 3.14. The van der Waals surface area contributed by atoms with Crippen molar-refractivity contribution in [2.24, 2.45) is 0 Å². The van der Waals surface area contributed by atoms with Crippen molar-refractivity contribution in [1.29, 1.82) is 0 Å². The molecule has 4 rings (SSSR count). The van der Waals surface area contributed by atoms with Crippen molar-refractivity contribution in [3.05, 3.63) is 82.1 Å². The molecule has 0 saturated heterocycles. The first-order valence-corrected chi connectivity index (χ1v) is 10.2. The van der Waals surface area contributed by atoms with Crippen LogP contribution in [0.15, 0.2) is 60.9 Å². The third-order valence-electron chi connectivity index (χ3n) is 4.23. The number of pyridine rings is 1. The largest absolute Gasteiger partial charge is 0.497 e. The van der Waals surface area contributed by atoms with Crippen LogP contribution in [0.5, 0.6) is 5.75 Å². The number of hydrogen-bond donors (Lipinski definition) is 0. The van der Waals surface area contributed by atoms with E-state index < -0.39 is 0 Å². The molecule has 5 nitrogen and oxygen atoms in total. The van der Waals surface area contributed by atoms with E-state index in [-0.39, 0.29) is 5.91 Å². The predicted octanol–water partition coefficient (Wildman–Crippen LogP) is 5.85. The van der Waals surface area contributed by atoms with Gasteiger partial charge in [-0.1, -0.05) is 40.6 Å². The van der Waals surface area contributed by atoms with E-state index in [1.807, 2.05) is 30.3 Å². The van der Waals surface area contributed by atoms with Crippen molar-refractivity contribution in [2.75, 3.05) is 12.0 Å². The zero-order valence-electron chi connectivity index (χ0n) is 15.3. The summed E-state index contributed by atoms with van der Waals surface area (Å²) in [4.78, 5) is 23.8. The van der Waals surface area contributed by atoms with E-state index >= 15 is 0 Å². The number of methoxy groups -OCH3 is 1. The quantitative estimate of drug-likeness (QED) is 0.387. The molecule has 0 spiro atoms. The zero-order chi connectivity index (χ0) is 20.4. The van der Waals surface area contributed by atoms with E-state index in [1.165, 1.54) is 11.3 Å². The van der Waals surface area contributed by atoms with Crippen LogP contribution in [0.3, 0.4) is 0 Å². The molecule has 0 N–H and O–H groups in total. The van der Waals surface area contributed by atoms with Crippen LogP contribution in [0.25, 0.3) is 10.2 Å². The van der Waals surface area contributed by atoms with Crippen LogP contribution in [-0.4, -0.2) is 23.0 Å². The minimum absolute atomic E-state index is 0.246. The van der Waals surface area contributed by atoms with Gasteiger partial charge in [-0.3, -0.25) is 14.7 Å². The highest BCUT2D eigenvalue weighted by molar-refractivity contribution is 7.22. The van der Waals surface area contributed by atoms with Crippen molar-refractivity contribution < 1.29 is 9.53 Å². The van der Waals surface area contributed by atoms with Crippen LogP contribution in [-0.2, 0) is 6.54 Å². The number of hydrogen-bond acceptors (Lipinski definition) is 5. The molecule has 2 aromatic heterocycles. The molecule has 1 amide bonds. The number of aromatic nitrogens is 2. The van der Waals surface area contributed by atoms with Crippen molar-refractivity contribution in [3.8, 4) is 5.75 Å². The standard InChI is InChI=1S/C21H15Cl2N3O2S/c1-28-17-4-5-18-19(10-17)29-21(25-18)26(12-13-3-2-6-24-11-13)20(27)14-7-15(22)9-16(23)8-14/h2-11H,12H2,1H3. The SMILES string of the molecule is COc1ccc2nc(N(Cc3cccnc3)C(=O)c3cc(Cl)cc(Cl)c3)sc2c1. The second-order valence-electron chi connectivity index (χ2n) is 6.24. The van der Waals surface area contributed by atoms with Gasteiger partial charge in [0, 0.05) is 28.0 Å². The number of carbonyl (C=O) groups excluding carboxylic acids is 1. The molecule has 0 bridgehead atoms. The molecule has 0 fully saturated rings. The first-order valence-electron chi connectivity index (χ1n) is 8.65. The Labute approximate surface area is 181 Å². The van der Waals surface area contributed by atoms with Gasteiger partial charge in [-0.05, 0) is 48.0 Å². The normalized spacial score (nSPS) is 10.9.